The number of aromatic nitrogens is 6. The Kier molecular flexibility index (Phi) is 28.0. The number of halogens is 1. The summed E-state index contributed by atoms with van der Waals surface area (Å²) in [6.45, 7) is 5.24. The number of hydrogen-bond donors (Lipinski definition) is 8. The second kappa shape index (κ2) is 36.4. The molecule has 3 aromatic carbocycles. The lowest BCUT2D eigenvalue weighted by Gasteiger charge is -2.15. The van der Waals surface area contributed by atoms with E-state index in [2.05, 4.69) is 79.8 Å². The van der Waals surface area contributed by atoms with Crippen LogP contribution in [-0.2, 0) is 33.0 Å². The number of anilines is 3. The number of ketones is 3. The maximum atomic E-state index is 13.2. The number of carbonyl (C=O) groups excluding carboxylic acids is 3. The van der Waals surface area contributed by atoms with Crippen LogP contribution in [0.15, 0.2) is 163 Å². The van der Waals surface area contributed by atoms with E-state index in [0.717, 1.165) is 59.2 Å². The van der Waals surface area contributed by atoms with Crippen molar-refractivity contribution in [3.8, 4) is 17.2 Å². The summed E-state index contributed by atoms with van der Waals surface area (Å²) in [4.78, 5) is 65.8. The highest BCUT2D eigenvalue weighted by atomic mass is 79.9. The van der Waals surface area contributed by atoms with Crippen molar-refractivity contribution in [2.75, 3.05) is 35.8 Å². The summed E-state index contributed by atoms with van der Waals surface area (Å²) < 4.78 is 38.2. The van der Waals surface area contributed by atoms with Crippen molar-refractivity contribution in [3.05, 3.63) is 211 Å². The third-order valence-electron chi connectivity index (χ3n) is 16.4. The molecule has 3 aliphatic rings. The number of nitrogens with one attached hydrogen (secondary N) is 3. The van der Waals surface area contributed by atoms with Crippen molar-refractivity contribution < 1.29 is 56.9 Å². The van der Waals surface area contributed by atoms with E-state index in [1.165, 1.54) is 59.2 Å². The van der Waals surface area contributed by atoms with Gasteiger partial charge in [-0.2, -0.15) is 8.42 Å². The van der Waals surface area contributed by atoms with Gasteiger partial charge in [-0.15, -0.1) is 34.0 Å². The molecule has 508 valence electrons. The van der Waals surface area contributed by atoms with E-state index in [4.69, 9.17) is 19.7 Å². The summed E-state index contributed by atoms with van der Waals surface area (Å²) >= 11 is 7.55. The van der Waals surface area contributed by atoms with Gasteiger partial charge in [-0.1, -0.05) is 91.8 Å². The molecule has 27 heteroatoms. The molecule has 0 aliphatic heterocycles. The van der Waals surface area contributed by atoms with Crippen LogP contribution in [0.25, 0.3) is 0 Å². The fourth-order valence-corrected chi connectivity index (χ4v) is 14.8. The number of para-hydroxylation sites is 3. The predicted octanol–water partition coefficient (Wildman–Crippen LogP) is 11.8. The Morgan fingerprint density at radius 3 is 1.27 bits per heavy atom. The Hall–Kier alpha value is -7.96. The maximum absolute atomic E-state index is 13.2. The fourth-order valence-electron chi connectivity index (χ4n) is 11.3. The molecule has 3 aliphatic carbocycles. The van der Waals surface area contributed by atoms with Crippen LogP contribution in [0.5, 0.6) is 17.2 Å². The third kappa shape index (κ3) is 21.5. The van der Waals surface area contributed by atoms with E-state index < -0.39 is 22.3 Å². The standard InChI is InChI=1S/C23H25N3O3S.C22H24N4O6S2.C17H20BrN3O2S.C6H6O.CH4/c1-15-7-18(9-17(15)11-27)26-23-20(10-24-14-25-23)22(28)21-8-16(13-30-21)12-29-19-5-3-2-4-6-19;23-34(29,30)32-11-15-7-16(8-19(15)27)26-22-18(9-24-13-25-22)21(28)20-6-14(12-33-20)10-31-17-4-2-1-3-5-17;1-10-2-13(4-12(10)7-22)21-17-14(6-19-9-20-17)16(23)15-3-11(5-18)8-24-15;7-6-4-2-1-3-5-6;/h2-6,8,10,13-15,17-18,27H,7,9,11-12H2,1H3,(H,24,25,26);1-6,9,12-13,15-16,19,27H,7-8,10-11H2,(H2,23,29,30)(H,24,25,26);3,6,8-10,12-13,22H,2,4-5,7H2,1H3,(H,19,20,21);1-5,7H;1H4/t15-,17+,18-;15-,16-,19+;10-,12+,13-;;/m010../s1. The number of nitrogens with two attached hydrogens (primary N) is 1. The van der Waals surface area contributed by atoms with Gasteiger partial charge in [0, 0.05) is 72.3 Å². The van der Waals surface area contributed by atoms with E-state index in [1.807, 2.05) is 95.0 Å². The number of aromatic hydroxyl groups is 1. The normalized spacial score (nSPS) is 20.1. The topological polar surface area (TPSA) is 333 Å². The number of aliphatic hydroxyl groups excluding tert-OH is 3. The van der Waals surface area contributed by atoms with Crippen LogP contribution in [0.2, 0.25) is 0 Å². The van der Waals surface area contributed by atoms with Crippen LogP contribution >= 0.6 is 49.9 Å². The Bertz CT molecular complexity index is 4020. The first-order valence-corrected chi connectivity index (χ1v) is 36.0. The number of ether oxygens (including phenoxy) is 2. The van der Waals surface area contributed by atoms with Gasteiger partial charge in [0.1, 0.15) is 66.9 Å². The molecule has 9 aromatic rings. The van der Waals surface area contributed by atoms with Crippen molar-refractivity contribution in [1.29, 1.82) is 0 Å². The number of thiophene rings is 3. The largest absolute Gasteiger partial charge is 0.508 e. The number of phenolic OH excluding ortho intramolecular Hbond substituents is 1. The van der Waals surface area contributed by atoms with Gasteiger partial charge < -0.3 is 45.9 Å². The highest BCUT2D eigenvalue weighted by Gasteiger charge is 2.36. The van der Waals surface area contributed by atoms with E-state index in [1.54, 1.807) is 42.7 Å². The molecule has 0 unspecified atom stereocenters. The molecule has 22 nitrogen and oxygen atoms in total. The molecule has 0 bridgehead atoms. The molecule has 96 heavy (non-hydrogen) atoms. The molecule has 3 saturated carbocycles. The minimum Gasteiger partial charge on any atom is -0.508 e. The molecule has 0 saturated heterocycles. The molecule has 0 amide bonds. The van der Waals surface area contributed by atoms with E-state index in [0.29, 0.717) is 98.3 Å². The molecule has 0 radical (unpaired) electrons. The molecule has 6 aromatic heterocycles. The van der Waals surface area contributed by atoms with Crippen molar-refractivity contribution in [2.24, 2.45) is 34.7 Å². The van der Waals surface area contributed by atoms with E-state index >= 15 is 0 Å². The lowest BCUT2D eigenvalue weighted by molar-refractivity contribution is 0.100. The summed E-state index contributed by atoms with van der Waals surface area (Å²) in [7, 11) is -4.08. The van der Waals surface area contributed by atoms with Gasteiger partial charge in [0.2, 0.25) is 17.3 Å². The molecular weight excluding hydrogens is 1370 g/mol. The van der Waals surface area contributed by atoms with Crippen LogP contribution in [0, 0.1) is 29.6 Å². The Morgan fingerprint density at radius 2 is 0.927 bits per heavy atom. The number of benzene rings is 3. The monoisotopic (exact) mass is 1450 g/mol. The number of aliphatic hydroxyl groups is 3. The van der Waals surface area contributed by atoms with Crippen LogP contribution in [-0.4, -0.2) is 120 Å². The maximum Gasteiger partial charge on any atom is 0.333 e. The van der Waals surface area contributed by atoms with Gasteiger partial charge in [0.15, 0.2) is 0 Å². The zero-order valence-corrected chi connectivity index (χ0v) is 56.9. The Labute approximate surface area is 579 Å². The van der Waals surface area contributed by atoms with Gasteiger partial charge >= 0.3 is 10.3 Å². The summed E-state index contributed by atoms with van der Waals surface area (Å²) in [6, 6.07) is 33.5. The minimum atomic E-state index is -4.08. The average molecular weight is 1450 g/mol. The second-order valence-corrected chi connectivity index (χ2v) is 27.9. The molecule has 6 heterocycles. The van der Waals surface area contributed by atoms with Gasteiger partial charge in [-0.05, 0) is 138 Å². The first kappa shape index (κ1) is 73.8. The molecule has 12 rings (SSSR count). The first-order chi connectivity index (χ1) is 45.9. The van der Waals surface area contributed by atoms with Crippen molar-refractivity contribution >= 4 is 95.0 Å². The van der Waals surface area contributed by atoms with Crippen molar-refractivity contribution in [1.82, 2.24) is 29.9 Å². The van der Waals surface area contributed by atoms with Gasteiger partial charge in [0.25, 0.3) is 0 Å². The minimum absolute atomic E-state index is 0. The van der Waals surface area contributed by atoms with Crippen molar-refractivity contribution in [3.63, 3.8) is 0 Å². The van der Waals surface area contributed by atoms with Gasteiger partial charge in [-0.3, -0.25) is 18.6 Å². The SMILES string of the molecule is C.C[C@H]1C[C@H](Nc2ncncc2C(=O)c2cc(CBr)cs2)C[C@@H]1CO.C[C@H]1C[C@H](Nc2ncncc2C(=O)c2cc(COc3ccccc3)cs2)C[C@@H]1CO.NS(=O)(=O)OC[C@H]1C[C@@H](Nc2ncncc2C(=O)c2cc(COc3ccccc3)cs2)C[C@@H]1O.Oc1ccccc1. The number of hydrogen-bond acceptors (Lipinski definition) is 24. The smallest absolute Gasteiger partial charge is 0.333 e. The van der Waals surface area contributed by atoms with Crippen LogP contribution in [0.1, 0.15) is 122 Å². The highest BCUT2D eigenvalue weighted by molar-refractivity contribution is 9.08. The summed E-state index contributed by atoms with van der Waals surface area (Å²) in [5.41, 5.74) is 4.19. The lowest BCUT2D eigenvalue weighted by atomic mass is 10.00. The molecule has 9 atom stereocenters. The third-order valence-corrected chi connectivity index (χ3v) is 20.4. The lowest BCUT2D eigenvalue weighted by Crippen LogP contribution is -2.24. The summed E-state index contributed by atoms with van der Waals surface area (Å²) in [5.74, 6) is 4.05. The predicted molar refractivity (Wildman–Crippen MR) is 376 cm³/mol. The number of phenols is 1. The fraction of sp³-hybridized carbons (Fsp3) is 0.348. The molecule has 9 N–H and O–H groups in total. The number of rotatable bonds is 24. The van der Waals surface area contributed by atoms with E-state index in [9.17, 15) is 38.1 Å². The Balaban J connectivity index is 0.000000176. The summed E-state index contributed by atoms with van der Waals surface area (Å²) in [5, 5.41) is 59.2. The van der Waals surface area contributed by atoms with Crippen LogP contribution < -0.4 is 30.6 Å². The Morgan fingerprint density at radius 1 is 0.562 bits per heavy atom. The zero-order chi connectivity index (χ0) is 67.3. The highest BCUT2D eigenvalue weighted by Crippen LogP contribution is 2.36. The van der Waals surface area contributed by atoms with Gasteiger partial charge in [0.05, 0.1) is 44.0 Å². The first-order valence-electron chi connectivity index (χ1n) is 30.7. The second-order valence-electron chi connectivity index (χ2n) is 23.4. The molecule has 0 spiro atoms. The number of alkyl halides is 1. The van der Waals surface area contributed by atoms with Gasteiger partial charge in [-0.25, -0.2) is 35.0 Å². The average Bonchev–Trinajstić information content (AvgIpc) is 1.62. The molecule has 3 fully saturated rings. The van der Waals surface area contributed by atoms with E-state index in [-0.39, 0.29) is 68.6 Å². The summed E-state index contributed by atoms with van der Waals surface area (Å²) in [6.07, 6.45) is 12.5. The quantitative estimate of drug-likeness (QED) is 0.0206. The van der Waals surface area contributed by atoms with Crippen LogP contribution in [0.3, 0.4) is 0 Å². The zero-order valence-electron chi connectivity index (χ0n) is 52.1. The number of nitrogens with zero attached hydrogens (tertiary/aromatic N) is 6. The molecular formula is C69H79BrN10O12S4. The number of carbonyl (C=O) groups is 3. The van der Waals surface area contributed by atoms with Crippen molar-refractivity contribution in [2.45, 2.75) is 103 Å². The van der Waals surface area contributed by atoms with Crippen LogP contribution in [0.4, 0.5) is 17.5 Å².